The molecule has 3 aliphatic rings. The van der Waals surface area contributed by atoms with Gasteiger partial charge in [-0.1, -0.05) is 30.3 Å². The number of aliphatic carboxylic acids is 1. The van der Waals surface area contributed by atoms with Crippen molar-refractivity contribution < 1.29 is 34.2 Å². The first-order chi connectivity index (χ1) is 17.0. The molecule has 2 unspecified atom stereocenters. The molecule has 11 nitrogen and oxygen atoms in total. The lowest BCUT2D eigenvalue weighted by molar-refractivity contribution is -0.164. The molecule has 0 bridgehead atoms. The van der Waals surface area contributed by atoms with Gasteiger partial charge in [0.25, 0.3) is 5.91 Å². The quantitative estimate of drug-likeness (QED) is 0.446. The number of nitrogens with one attached hydrogen (secondary N) is 1. The van der Waals surface area contributed by atoms with E-state index >= 15 is 0 Å². The van der Waals surface area contributed by atoms with Crippen LogP contribution in [-0.4, -0.2) is 96.5 Å². The summed E-state index contributed by atoms with van der Waals surface area (Å²) in [6.07, 6.45) is -1.84. The second-order valence-corrected chi connectivity index (χ2v) is 11.4. The molecule has 3 aliphatic heterocycles. The summed E-state index contributed by atoms with van der Waals surface area (Å²) in [5.74, 6) is -3.18. The van der Waals surface area contributed by atoms with Gasteiger partial charge >= 0.3 is 12.0 Å². The van der Waals surface area contributed by atoms with Crippen molar-refractivity contribution in [2.75, 3.05) is 19.6 Å². The Balaban J connectivity index is 1.50. The number of likely N-dealkylation sites (N-methyl/N-ethyl adjacent to an activating group) is 1. The van der Waals surface area contributed by atoms with Crippen LogP contribution >= 0.6 is 11.8 Å². The minimum Gasteiger partial charge on any atom is -0.480 e. The maximum absolute atomic E-state index is 13.5. The highest BCUT2D eigenvalue weighted by molar-refractivity contribution is 8.01. The van der Waals surface area contributed by atoms with Crippen molar-refractivity contribution in [3.8, 4) is 0 Å². The zero-order chi connectivity index (χ0) is 26.4. The van der Waals surface area contributed by atoms with E-state index in [4.69, 9.17) is 0 Å². The Morgan fingerprint density at radius 2 is 1.81 bits per heavy atom. The molecule has 36 heavy (non-hydrogen) atoms. The summed E-state index contributed by atoms with van der Waals surface area (Å²) in [6, 6.07) is 5.67. The number of aliphatic hydroxyl groups is 1. The summed E-state index contributed by atoms with van der Waals surface area (Å²) in [6.45, 7) is 6.06. The fourth-order valence-electron chi connectivity index (χ4n) is 5.10. The number of carbonyl (C=O) groups excluding carboxylic acids is 4. The molecule has 3 fully saturated rings. The molecule has 3 heterocycles. The molecule has 1 aromatic rings. The Bertz CT molecular complexity index is 1080. The first-order valence-corrected chi connectivity index (χ1v) is 12.7. The summed E-state index contributed by atoms with van der Waals surface area (Å²) in [7, 11) is 0. The van der Waals surface area contributed by atoms with Crippen LogP contribution in [0.25, 0.3) is 0 Å². The maximum Gasteiger partial charge on any atom is 0.327 e. The van der Waals surface area contributed by atoms with Crippen LogP contribution < -0.4 is 5.32 Å². The van der Waals surface area contributed by atoms with Crippen LogP contribution in [0.2, 0.25) is 0 Å². The molecule has 0 spiro atoms. The molecular weight excluding hydrogens is 488 g/mol. The van der Waals surface area contributed by atoms with Crippen LogP contribution in [0.5, 0.6) is 0 Å². The number of carboxylic acid groups (broad SMARTS) is 1. The third-order valence-electron chi connectivity index (χ3n) is 7.01. The molecule has 3 saturated heterocycles. The number of β-lactam (4-membered cyclic amide) rings is 1. The molecule has 0 aromatic heterocycles. The molecule has 194 valence electrons. The summed E-state index contributed by atoms with van der Waals surface area (Å²) in [5.41, 5.74) is 0.496. The molecular formula is C24H30N4O7S. The van der Waals surface area contributed by atoms with Crippen molar-refractivity contribution in [1.82, 2.24) is 20.0 Å². The fraction of sp³-hybridized carbons (Fsp3) is 0.542. The number of nitrogens with zero attached hydrogens (tertiary/aromatic N) is 3. The number of carbonyl (C=O) groups is 5. The predicted octanol–water partition coefficient (Wildman–Crippen LogP) is 0.642. The highest BCUT2D eigenvalue weighted by atomic mass is 32.2. The van der Waals surface area contributed by atoms with E-state index in [1.54, 1.807) is 51.1 Å². The molecule has 0 radical (unpaired) electrons. The van der Waals surface area contributed by atoms with Crippen LogP contribution in [0.15, 0.2) is 30.3 Å². The number of carboxylic acids is 1. The van der Waals surface area contributed by atoms with E-state index in [1.807, 2.05) is 0 Å². The lowest BCUT2D eigenvalue weighted by Gasteiger charge is -2.43. The van der Waals surface area contributed by atoms with Gasteiger partial charge < -0.3 is 25.3 Å². The number of ketones is 1. The number of hydrogen-bond acceptors (Lipinski definition) is 7. The first-order valence-electron chi connectivity index (χ1n) is 11.8. The van der Waals surface area contributed by atoms with Crippen molar-refractivity contribution in [2.45, 2.75) is 55.6 Å². The number of aliphatic hydroxyl groups excluding tert-OH is 1. The summed E-state index contributed by atoms with van der Waals surface area (Å²) in [4.78, 5) is 67.2. The summed E-state index contributed by atoms with van der Waals surface area (Å²) in [5, 5.41) is 22.2. The third-order valence-corrected chi connectivity index (χ3v) is 8.64. The molecule has 0 aliphatic carbocycles. The van der Waals surface area contributed by atoms with Gasteiger partial charge in [0.05, 0.1) is 11.3 Å². The molecule has 0 saturated carbocycles. The summed E-state index contributed by atoms with van der Waals surface area (Å²) < 4.78 is -0.708. The number of piperazine rings is 1. The van der Waals surface area contributed by atoms with E-state index in [2.05, 4.69) is 5.32 Å². The van der Waals surface area contributed by atoms with Gasteiger partial charge in [-0.15, -0.1) is 11.8 Å². The van der Waals surface area contributed by atoms with Gasteiger partial charge in [-0.3, -0.25) is 19.3 Å². The van der Waals surface area contributed by atoms with Crippen molar-refractivity contribution in [1.29, 1.82) is 0 Å². The number of hydrogen-bond donors (Lipinski definition) is 3. The van der Waals surface area contributed by atoms with Crippen LogP contribution in [0.1, 0.15) is 38.8 Å². The Morgan fingerprint density at radius 1 is 1.14 bits per heavy atom. The van der Waals surface area contributed by atoms with Crippen molar-refractivity contribution >= 4 is 41.4 Å². The Labute approximate surface area is 212 Å². The van der Waals surface area contributed by atoms with Crippen molar-refractivity contribution in [3.63, 3.8) is 0 Å². The van der Waals surface area contributed by atoms with Crippen LogP contribution in [0.4, 0.5) is 4.79 Å². The predicted molar refractivity (Wildman–Crippen MR) is 130 cm³/mol. The highest BCUT2D eigenvalue weighted by Gasteiger charge is 2.63. The van der Waals surface area contributed by atoms with E-state index in [9.17, 15) is 34.2 Å². The maximum atomic E-state index is 13.5. The van der Waals surface area contributed by atoms with Gasteiger partial charge in [0, 0.05) is 30.8 Å². The van der Waals surface area contributed by atoms with E-state index in [0.29, 0.717) is 12.1 Å². The minimum absolute atomic E-state index is 0.0999. The number of Topliss-reactive ketones (excluding diaryl/α,β-unsaturated/α-hetero) is 1. The van der Waals surface area contributed by atoms with Gasteiger partial charge in [0.15, 0.2) is 5.78 Å². The van der Waals surface area contributed by atoms with Gasteiger partial charge in [-0.25, -0.2) is 9.59 Å². The second-order valence-electron chi connectivity index (χ2n) is 9.65. The van der Waals surface area contributed by atoms with Crippen LogP contribution in [0.3, 0.4) is 0 Å². The first kappa shape index (κ1) is 26.0. The average molecular weight is 519 g/mol. The minimum atomic E-state index is -1.66. The van der Waals surface area contributed by atoms with E-state index in [-0.39, 0.29) is 19.5 Å². The number of rotatable bonds is 7. The Kier molecular flexibility index (Phi) is 7.02. The number of amides is 4. The largest absolute Gasteiger partial charge is 0.480 e. The second kappa shape index (κ2) is 9.74. The molecule has 5 atom stereocenters. The fourth-order valence-corrected chi connectivity index (χ4v) is 6.78. The zero-order valence-electron chi connectivity index (χ0n) is 20.3. The lowest BCUT2D eigenvalue weighted by Crippen LogP contribution is -2.63. The zero-order valence-corrected chi connectivity index (χ0v) is 21.1. The SMILES string of the molecule is CCN1CCN(C(=O)N[C@@H](C(=O)C[C@@H]2C(=O)N3C(C(=O)O)C(C)(C)S[C@H]23)c2ccccc2)C(O)C1=O. The third kappa shape index (κ3) is 4.43. The van der Waals surface area contributed by atoms with Crippen molar-refractivity contribution in [3.05, 3.63) is 35.9 Å². The lowest BCUT2D eigenvalue weighted by atomic mass is 9.86. The van der Waals surface area contributed by atoms with Crippen LogP contribution in [-0.2, 0) is 19.2 Å². The number of fused-ring (bicyclic) bond motifs is 1. The molecule has 4 rings (SSSR count). The average Bonchev–Trinajstić information content (AvgIpc) is 3.10. The molecule has 3 N–H and O–H groups in total. The normalized spacial score (nSPS) is 27.8. The van der Waals surface area contributed by atoms with E-state index in [1.165, 1.54) is 21.6 Å². The molecule has 4 amide bonds. The number of urea groups is 1. The van der Waals surface area contributed by atoms with Gasteiger partial charge in [-0.2, -0.15) is 0 Å². The number of benzene rings is 1. The Hall–Kier alpha value is -3.12. The monoisotopic (exact) mass is 518 g/mol. The standard InChI is InChI=1S/C24H30N4O7S/c1-4-26-10-11-27(20(32)19(26)31)23(35)25-16(13-8-6-5-7-9-13)15(29)12-14-18(30)28-17(22(33)34)24(2,3)36-21(14)28/h5-9,14,16-17,20-21,32H,4,10-12H2,1-3H3,(H,25,35)(H,33,34)/t14-,16-,17?,20?,21-/m1/s1. The van der Waals surface area contributed by atoms with E-state index < -0.39 is 63.9 Å². The summed E-state index contributed by atoms with van der Waals surface area (Å²) >= 11 is 1.36. The van der Waals surface area contributed by atoms with Crippen molar-refractivity contribution in [2.24, 2.45) is 5.92 Å². The number of thioether (sulfide) groups is 1. The molecule has 1 aromatic carbocycles. The van der Waals surface area contributed by atoms with Gasteiger partial charge in [0.2, 0.25) is 12.1 Å². The topological polar surface area (TPSA) is 148 Å². The van der Waals surface area contributed by atoms with E-state index in [0.717, 1.165) is 4.90 Å². The van der Waals surface area contributed by atoms with Gasteiger partial charge in [0.1, 0.15) is 12.1 Å². The highest BCUT2D eigenvalue weighted by Crippen LogP contribution is 2.54. The van der Waals surface area contributed by atoms with Gasteiger partial charge in [-0.05, 0) is 26.3 Å². The van der Waals surface area contributed by atoms with Crippen LogP contribution in [0, 0.1) is 5.92 Å². The smallest absolute Gasteiger partial charge is 0.327 e. The Morgan fingerprint density at radius 3 is 2.42 bits per heavy atom. The molecule has 12 heteroatoms.